The zero-order valence-corrected chi connectivity index (χ0v) is 16.0. The minimum absolute atomic E-state index is 0.733. The highest BCUT2D eigenvalue weighted by atomic mass is 16.5. The molecule has 0 fully saturated rings. The van der Waals surface area contributed by atoms with Crippen molar-refractivity contribution in [2.75, 3.05) is 13.2 Å². The lowest BCUT2D eigenvalue weighted by Crippen LogP contribution is -2.04. The average molecular weight is 337 g/mol. The quantitative estimate of drug-likeness (QED) is 0.347. The van der Waals surface area contributed by atoms with Crippen LogP contribution in [0.5, 0.6) is 0 Å². The van der Waals surface area contributed by atoms with Gasteiger partial charge in [-0.25, -0.2) is 0 Å². The van der Waals surface area contributed by atoms with Crippen molar-refractivity contribution in [2.24, 2.45) is 5.92 Å². The molecule has 0 saturated carbocycles. The summed E-state index contributed by atoms with van der Waals surface area (Å²) in [6.07, 6.45) is 6.91. The van der Waals surface area contributed by atoms with Crippen LogP contribution in [0.25, 0.3) is 11.1 Å². The highest BCUT2D eigenvalue weighted by Crippen LogP contribution is 2.20. The number of allylic oxidation sites excluding steroid dienone is 2. The summed E-state index contributed by atoms with van der Waals surface area (Å²) in [5, 5.41) is 0. The number of hydrogen-bond donors (Lipinski definition) is 0. The first-order valence-electron chi connectivity index (χ1n) is 9.50. The van der Waals surface area contributed by atoms with E-state index in [1.165, 1.54) is 35.1 Å². The molecular weight excluding hydrogens is 304 g/mol. The Morgan fingerprint density at radius 1 is 0.920 bits per heavy atom. The molecule has 25 heavy (non-hydrogen) atoms. The SMILES string of the molecule is CC(C)=CCC[C@H](C)CCOCCc1cccc(-c2ccccc2)c1. The summed E-state index contributed by atoms with van der Waals surface area (Å²) in [4.78, 5) is 0. The van der Waals surface area contributed by atoms with Gasteiger partial charge in [-0.3, -0.25) is 0 Å². The van der Waals surface area contributed by atoms with Crippen molar-refractivity contribution in [3.63, 3.8) is 0 Å². The predicted octanol–water partition coefficient (Wildman–Crippen LogP) is 6.69. The monoisotopic (exact) mass is 336 g/mol. The van der Waals surface area contributed by atoms with E-state index in [2.05, 4.69) is 81.4 Å². The molecule has 0 aromatic heterocycles. The topological polar surface area (TPSA) is 9.23 Å². The smallest absolute Gasteiger partial charge is 0.0506 e. The molecule has 0 aliphatic heterocycles. The van der Waals surface area contributed by atoms with Crippen LogP contribution in [0.15, 0.2) is 66.2 Å². The Hall–Kier alpha value is -1.86. The predicted molar refractivity (Wildman–Crippen MR) is 109 cm³/mol. The van der Waals surface area contributed by atoms with E-state index < -0.39 is 0 Å². The fourth-order valence-electron chi connectivity index (χ4n) is 2.91. The second kappa shape index (κ2) is 10.9. The summed E-state index contributed by atoms with van der Waals surface area (Å²) in [5.41, 5.74) is 5.32. The summed E-state index contributed by atoms with van der Waals surface area (Å²) in [7, 11) is 0. The molecule has 0 aliphatic carbocycles. The van der Waals surface area contributed by atoms with Gasteiger partial charge in [0, 0.05) is 6.61 Å². The van der Waals surface area contributed by atoms with E-state index in [0.717, 1.165) is 32.0 Å². The summed E-state index contributed by atoms with van der Waals surface area (Å²) in [6, 6.07) is 19.3. The molecule has 2 aromatic carbocycles. The van der Waals surface area contributed by atoms with Crippen molar-refractivity contribution in [1.29, 1.82) is 0 Å². The molecule has 0 radical (unpaired) electrons. The second-order valence-corrected chi connectivity index (χ2v) is 7.18. The Morgan fingerprint density at radius 3 is 2.44 bits per heavy atom. The molecule has 1 heteroatoms. The first-order chi connectivity index (χ1) is 12.1. The van der Waals surface area contributed by atoms with E-state index in [4.69, 9.17) is 4.74 Å². The lowest BCUT2D eigenvalue weighted by molar-refractivity contribution is 0.123. The first kappa shape index (κ1) is 19.5. The van der Waals surface area contributed by atoms with Crippen LogP contribution in [0.2, 0.25) is 0 Å². The molecule has 0 saturated heterocycles. The van der Waals surface area contributed by atoms with Gasteiger partial charge in [-0.2, -0.15) is 0 Å². The van der Waals surface area contributed by atoms with E-state index in [1.54, 1.807) is 0 Å². The van der Waals surface area contributed by atoms with Gasteiger partial charge in [0.15, 0.2) is 0 Å². The van der Waals surface area contributed by atoms with Crippen LogP contribution in [-0.2, 0) is 11.2 Å². The molecular formula is C24H32O. The number of ether oxygens (including phenoxy) is 1. The van der Waals surface area contributed by atoms with Gasteiger partial charge in [-0.15, -0.1) is 0 Å². The minimum Gasteiger partial charge on any atom is -0.381 e. The van der Waals surface area contributed by atoms with Crippen molar-refractivity contribution < 1.29 is 4.74 Å². The zero-order chi connectivity index (χ0) is 17.9. The third-order valence-corrected chi connectivity index (χ3v) is 4.54. The third kappa shape index (κ3) is 7.70. The summed E-state index contributed by atoms with van der Waals surface area (Å²) in [5.74, 6) is 0.733. The molecule has 0 heterocycles. The number of rotatable bonds is 10. The lowest BCUT2D eigenvalue weighted by Gasteiger charge is -2.11. The molecule has 2 aromatic rings. The van der Waals surface area contributed by atoms with Gasteiger partial charge >= 0.3 is 0 Å². The molecule has 1 atom stereocenters. The molecule has 0 spiro atoms. The first-order valence-corrected chi connectivity index (χ1v) is 9.50. The summed E-state index contributed by atoms with van der Waals surface area (Å²) < 4.78 is 5.87. The highest BCUT2D eigenvalue weighted by Gasteiger charge is 2.02. The molecule has 0 aliphatic rings. The van der Waals surface area contributed by atoms with Gasteiger partial charge in [0.25, 0.3) is 0 Å². The van der Waals surface area contributed by atoms with Crippen LogP contribution in [0.1, 0.15) is 45.6 Å². The average Bonchev–Trinajstić information content (AvgIpc) is 2.62. The van der Waals surface area contributed by atoms with Gasteiger partial charge in [0.1, 0.15) is 0 Å². The fraction of sp³-hybridized carbons (Fsp3) is 0.417. The Bertz CT molecular complexity index is 638. The van der Waals surface area contributed by atoms with E-state index >= 15 is 0 Å². The Kier molecular flexibility index (Phi) is 8.48. The minimum atomic E-state index is 0.733. The maximum Gasteiger partial charge on any atom is 0.0506 e. The van der Waals surface area contributed by atoms with E-state index in [0.29, 0.717) is 0 Å². The van der Waals surface area contributed by atoms with Crippen LogP contribution in [0, 0.1) is 5.92 Å². The van der Waals surface area contributed by atoms with E-state index in [-0.39, 0.29) is 0 Å². The van der Waals surface area contributed by atoms with Crippen LogP contribution >= 0.6 is 0 Å². The van der Waals surface area contributed by atoms with Crippen molar-refractivity contribution >= 4 is 0 Å². The van der Waals surface area contributed by atoms with Crippen LogP contribution in [0.4, 0.5) is 0 Å². The van der Waals surface area contributed by atoms with Gasteiger partial charge in [0.05, 0.1) is 6.61 Å². The lowest BCUT2D eigenvalue weighted by atomic mass is 10.0. The van der Waals surface area contributed by atoms with Crippen LogP contribution in [-0.4, -0.2) is 13.2 Å². The van der Waals surface area contributed by atoms with Crippen molar-refractivity contribution in [3.05, 3.63) is 71.8 Å². The third-order valence-electron chi connectivity index (χ3n) is 4.54. The summed E-state index contributed by atoms with van der Waals surface area (Å²) in [6.45, 7) is 8.33. The van der Waals surface area contributed by atoms with Crippen molar-refractivity contribution in [1.82, 2.24) is 0 Å². The Labute approximate surface area is 153 Å². The van der Waals surface area contributed by atoms with Gasteiger partial charge < -0.3 is 4.74 Å². The highest BCUT2D eigenvalue weighted by molar-refractivity contribution is 5.63. The molecule has 0 N–H and O–H groups in total. The zero-order valence-electron chi connectivity index (χ0n) is 16.0. The Balaban J connectivity index is 1.68. The van der Waals surface area contributed by atoms with Gasteiger partial charge in [0.2, 0.25) is 0 Å². The molecule has 2 rings (SSSR count). The Morgan fingerprint density at radius 2 is 1.68 bits per heavy atom. The maximum atomic E-state index is 5.87. The van der Waals surface area contributed by atoms with Gasteiger partial charge in [-0.05, 0) is 62.1 Å². The van der Waals surface area contributed by atoms with Crippen molar-refractivity contribution in [3.8, 4) is 11.1 Å². The molecule has 0 amide bonds. The fourth-order valence-corrected chi connectivity index (χ4v) is 2.91. The maximum absolute atomic E-state index is 5.87. The standard InChI is InChI=1S/C24H32O/c1-20(2)9-7-10-21(3)15-17-25-18-16-22-11-8-14-24(19-22)23-12-5-4-6-13-23/h4-6,8-9,11-14,19,21H,7,10,15-18H2,1-3H3/t21-/m0/s1. The number of hydrogen-bond acceptors (Lipinski definition) is 1. The van der Waals surface area contributed by atoms with Gasteiger partial charge in [-0.1, -0.05) is 73.2 Å². The molecule has 0 unspecified atom stereocenters. The molecule has 1 nitrogen and oxygen atoms in total. The second-order valence-electron chi connectivity index (χ2n) is 7.18. The van der Waals surface area contributed by atoms with E-state index in [1.807, 2.05) is 0 Å². The molecule has 134 valence electrons. The summed E-state index contributed by atoms with van der Waals surface area (Å²) >= 11 is 0. The largest absolute Gasteiger partial charge is 0.381 e. The van der Waals surface area contributed by atoms with Crippen LogP contribution in [0.3, 0.4) is 0 Å². The van der Waals surface area contributed by atoms with E-state index in [9.17, 15) is 0 Å². The number of benzene rings is 2. The normalized spacial score (nSPS) is 12.0. The molecule has 0 bridgehead atoms. The van der Waals surface area contributed by atoms with Crippen LogP contribution < -0.4 is 0 Å². The van der Waals surface area contributed by atoms with Crippen molar-refractivity contribution in [2.45, 2.75) is 46.5 Å².